The Hall–Kier alpha value is -2.50. The van der Waals surface area contributed by atoms with E-state index in [1.807, 2.05) is 30.3 Å². The van der Waals surface area contributed by atoms with Crippen LogP contribution in [-0.4, -0.2) is 36.8 Å². The van der Waals surface area contributed by atoms with Gasteiger partial charge < -0.3 is 0 Å². The molecule has 3 rings (SSSR count). The largest absolute Gasteiger partial charge is 0.299 e. The lowest BCUT2D eigenvalue weighted by Crippen LogP contribution is -2.45. The number of nitrogens with zero attached hydrogens (tertiary/aromatic N) is 3. The minimum Gasteiger partial charge on any atom is -0.299 e. The Morgan fingerprint density at radius 2 is 1.83 bits per heavy atom. The van der Waals surface area contributed by atoms with E-state index in [2.05, 4.69) is 15.5 Å². The highest BCUT2D eigenvalue weighted by molar-refractivity contribution is 8.00. The first kappa shape index (κ1) is 22.2. The van der Waals surface area contributed by atoms with Crippen LogP contribution in [0.1, 0.15) is 12.5 Å². The number of hydrogen-bond donors (Lipinski definition) is 1. The van der Waals surface area contributed by atoms with E-state index in [1.54, 1.807) is 0 Å². The predicted molar refractivity (Wildman–Crippen MR) is 118 cm³/mol. The lowest BCUT2D eigenvalue weighted by molar-refractivity contribution is -0.116. The van der Waals surface area contributed by atoms with Crippen molar-refractivity contribution in [1.82, 2.24) is 10.2 Å². The van der Waals surface area contributed by atoms with Crippen molar-refractivity contribution in [3.05, 3.63) is 66.0 Å². The van der Waals surface area contributed by atoms with Crippen LogP contribution in [0.4, 0.5) is 15.2 Å². The average Bonchev–Trinajstić information content (AvgIpc) is 3.15. The molecule has 0 aliphatic carbocycles. The van der Waals surface area contributed by atoms with E-state index in [4.69, 9.17) is 0 Å². The van der Waals surface area contributed by atoms with Gasteiger partial charge in [-0.3, -0.25) is 14.4 Å². The van der Waals surface area contributed by atoms with E-state index in [1.165, 1.54) is 42.2 Å². The number of aromatic nitrogens is 2. The molecule has 0 aliphatic rings. The molecular formula is C19H19FN4O3S3. The van der Waals surface area contributed by atoms with E-state index >= 15 is 0 Å². The maximum atomic E-state index is 13.2. The van der Waals surface area contributed by atoms with Crippen molar-refractivity contribution < 1.29 is 17.6 Å². The summed E-state index contributed by atoms with van der Waals surface area (Å²) in [7, 11) is -3.79. The van der Waals surface area contributed by atoms with Crippen LogP contribution in [0.3, 0.4) is 0 Å². The second kappa shape index (κ2) is 9.54. The number of thioether (sulfide) groups is 1. The number of carbonyl (C=O) groups is 1. The number of halogens is 1. The van der Waals surface area contributed by atoms with Gasteiger partial charge in [-0.2, -0.15) is 0 Å². The molecule has 1 N–H and O–H groups in total. The van der Waals surface area contributed by atoms with E-state index in [0.29, 0.717) is 10.1 Å². The standard InChI is InChI=1S/C19H19FN4O3S3/c1-13(24(30(2,26)27)16-10-8-15(20)9-11-16)17(25)21-18-22-23-19(29-18)28-12-14-6-4-3-5-7-14/h3-11,13H,12H2,1-2H3,(H,21,22,25)/t13-/m0/s1. The fraction of sp³-hybridized carbons (Fsp3) is 0.211. The van der Waals surface area contributed by atoms with Crippen LogP contribution >= 0.6 is 23.1 Å². The fourth-order valence-corrected chi connectivity index (χ4v) is 5.53. The number of sulfonamides is 1. The Bertz CT molecular complexity index is 1110. The summed E-state index contributed by atoms with van der Waals surface area (Å²) in [5, 5.41) is 10.9. The lowest BCUT2D eigenvalue weighted by atomic mass is 10.2. The van der Waals surface area contributed by atoms with Crippen molar-refractivity contribution in [3.63, 3.8) is 0 Å². The number of benzene rings is 2. The van der Waals surface area contributed by atoms with Crippen molar-refractivity contribution >= 4 is 49.8 Å². The van der Waals surface area contributed by atoms with Gasteiger partial charge in [-0.25, -0.2) is 12.8 Å². The van der Waals surface area contributed by atoms with Gasteiger partial charge in [0.25, 0.3) is 0 Å². The smallest absolute Gasteiger partial charge is 0.249 e. The first-order chi connectivity index (χ1) is 14.2. The zero-order valence-corrected chi connectivity index (χ0v) is 18.6. The molecule has 1 atom stereocenters. The Labute approximate surface area is 182 Å². The fourth-order valence-electron chi connectivity index (χ4n) is 2.64. The second-order valence-electron chi connectivity index (χ2n) is 6.35. The summed E-state index contributed by atoms with van der Waals surface area (Å²) in [6, 6.07) is 13.7. The summed E-state index contributed by atoms with van der Waals surface area (Å²) in [5.41, 5.74) is 1.33. The molecule has 1 aromatic heterocycles. The number of hydrogen-bond acceptors (Lipinski definition) is 7. The minimum absolute atomic E-state index is 0.193. The van der Waals surface area contributed by atoms with Crippen LogP contribution in [0.5, 0.6) is 0 Å². The SMILES string of the molecule is C[C@@H](C(=O)Nc1nnc(SCc2ccccc2)s1)N(c1ccc(F)cc1)S(C)(=O)=O. The maximum Gasteiger partial charge on any atom is 0.249 e. The Balaban J connectivity index is 1.68. The predicted octanol–water partition coefficient (Wildman–Crippen LogP) is 3.76. The Morgan fingerprint density at radius 3 is 2.47 bits per heavy atom. The highest BCUT2D eigenvalue weighted by Gasteiger charge is 2.29. The molecule has 0 bridgehead atoms. The Kier molecular flexibility index (Phi) is 7.06. The summed E-state index contributed by atoms with van der Waals surface area (Å²) < 4.78 is 39.3. The summed E-state index contributed by atoms with van der Waals surface area (Å²) >= 11 is 2.70. The van der Waals surface area contributed by atoms with Crippen LogP contribution < -0.4 is 9.62 Å². The molecule has 0 fully saturated rings. The summed E-state index contributed by atoms with van der Waals surface area (Å²) in [4.78, 5) is 12.7. The summed E-state index contributed by atoms with van der Waals surface area (Å²) in [5.74, 6) is -0.356. The third-order valence-corrected chi connectivity index (χ3v) is 7.30. The molecule has 2 aromatic carbocycles. The Morgan fingerprint density at radius 1 is 1.17 bits per heavy atom. The normalized spacial score (nSPS) is 12.4. The van der Waals surface area contributed by atoms with Crippen LogP contribution in [-0.2, 0) is 20.6 Å². The molecule has 30 heavy (non-hydrogen) atoms. The molecule has 11 heteroatoms. The monoisotopic (exact) mass is 466 g/mol. The van der Waals surface area contributed by atoms with Gasteiger partial charge in [0, 0.05) is 5.75 Å². The second-order valence-corrected chi connectivity index (χ2v) is 10.4. The number of carbonyl (C=O) groups excluding carboxylic acids is 1. The number of anilines is 2. The van der Waals surface area contributed by atoms with E-state index in [9.17, 15) is 17.6 Å². The number of rotatable bonds is 8. The molecule has 0 saturated carbocycles. The first-order valence-corrected chi connectivity index (χ1v) is 12.4. The lowest BCUT2D eigenvalue weighted by Gasteiger charge is -2.27. The molecule has 1 heterocycles. The van der Waals surface area contributed by atoms with Crippen molar-refractivity contribution in [2.75, 3.05) is 15.9 Å². The van der Waals surface area contributed by atoms with Crippen molar-refractivity contribution in [3.8, 4) is 0 Å². The van der Waals surface area contributed by atoms with E-state index in [-0.39, 0.29) is 10.8 Å². The van der Waals surface area contributed by atoms with Gasteiger partial charge in [0.15, 0.2) is 4.34 Å². The van der Waals surface area contributed by atoms with Crippen molar-refractivity contribution in [1.29, 1.82) is 0 Å². The quantitative estimate of drug-likeness (QED) is 0.401. The molecular weight excluding hydrogens is 447 g/mol. The van der Waals surface area contributed by atoms with Gasteiger partial charge in [-0.05, 0) is 36.8 Å². The van der Waals surface area contributed by atoms with Gasteiger partial charge in [-0.1, -0.05) is 53.4 Å². The van der Waals surface area contributed by atoms with Gasteiger partial charge in [0.1, 0.15) is 11.9 Å². The van der Waals surface area contributed by atoms with E-state index < -0.39 is 27.8 Å². The molecule has 3 aromatic rings. The minimum atomic E-state index is -3.79. The number of nitrogens with one attached hydrogen (secondary N) is 1. The highest BCUT2D eigenvalue weighted by Crippen LogP contribution is 2.29. The average molecular weight is 467 g/mol. The third-order valence-electron chi connectivity index (χ3n) is 4.01. The molecule has 0 saturated heterocycles. The molecule has 0 aliphatic heterocycles. The van der Waals surface area contributed by atoms with Gasteiger partial charge in [-0.15, -0.1) is 10.2 Å². The zero-order chi connectivity index (χ0) is 21.7. The molecule has 0 spiro atoms. The molecule has 0 radical (unpaired) electrons. The van der Waals surface area contributed by atoms with Crippen molar-refractivity contribution in [2.24, 2.45) is 0 Å². The topological polar surface area (TPSA) is 92.3 Å². The third kappa shape index (κ3) is 5.77. The molecule has 1 amide bonds. The van der Waals surface area contributed by atoms with Crippen LogP contribution in [0.15, 0.2) is 58.9 Å². The first-order valence-electron chi connectivity index (χ1n) is 8.80. The van der Waals surface area contributed by atoms with Gasteiger partial charge in [0.2, 0.25) is 21.1 Å². The van der Waals surface area contributed by atoms with Crippen molar-refractivity contribution in [2.45, 2.75) is 23.1 Å². The van der Waals surface area contributed by atoms with Crippen LogP contribution in [0, 0.1) is 5.82 Å². The van der Waals surface area contributed by atoms with E-state index in [0.717, 1.165) is 28.3 Å². The van der Waals surface area contributed by atoms with Crippen LogP contribution in [0.25, 0.3) is 0 Å². The molecule has 0 unspecified atom stereocenters. The highest BCUT2D eigenvalue weighted by atomic mass is 32.2. The molecule has 158 valence electrons. The maximum absolute atomic E-state index is 13.2. The summed E-state index contributed by atoms with van der Waals surface area (Å²) in [6.07, 6.45) is 0.989. The molecule has 7 nitrogen and oxygen atoms in total. The summed E-state index contributed by atoms with van der Waals surface area (Å²) in [6.45, 7) is 1.45. The zero-order valence-electron chi connectivity index (χ0n) is 16.1. The van der Waals surface area contributed by atoms with Gasteiger partial charge >= 0.3 is 0 Å². The van der Waals surface area contributed by atoms with Crippen LogP contribution in [0.2, 0.25) is 0 Å². The van der Waals surface area contributed by atoms with Gasteiger partial charge in [0.05, 0.1) is 11.9 Å². The number of amides is 1.